The van der Waals surface area contributed by atoms with Crippen LogP contribution < -0.4 is 0 Å². The average Bonchev–Trinajstić information content (AvgIpc) is 2.62. The molecule has 1 heterocycles. The molecular formula is C14H18ClN3O2. The summed E-state index contributed by atoms with van der Waals surface area (Å²) in [5, 5.41) is 17.5. The van der Waals surface area contributed by atoms with E-state index in [4.69, 9.17) is 16.9 Å². The highest BCUT2D eigenvalue weighted by molar-refractivity contribution is 6.31. The first-order valence-electron chi connectivity index (χ1n) is 6.38. The van der Waals surface area contributed by atoms with Crippen LogP contribution in [0.15, 0.2) is 34.7 Å². The van der Waals surface area contributed by atoms with Crippen molar-refractivity contribution in [1.82, 2.24) is 15.2 Å². The summed E-state index contributed by atoms with van der Waals surface area (Å²) in [4.78, 5) is 8.62. The second-order valence-electron chi connectivity index (χ2n) is 3.90. The quantitative estimate of drug-likeness (QED) is 0.662. The summed E-state index contributed by atoms with van der Waals surface area (Å²) in [6.07, 6.45) is 5.73. The number of nitrogens with zero attached hydrogens (tertiary/aromatic N) is 3. The zero-order chi connectivity index (χ0) is 15.1. The molecule has 0 saturated carbocycles. The Bertz CT molecular complexity index is 548. The number of hydrogen-bond acceptors (Lipinski definition) is 5. The van der Waals surface area contributed by atoms with E-state index in [1.54, 1.807) is 26.1 Å². The van der Waals surface area contributed by atoms with Crippen molar-refractivity contribution >= 4 is 17.2 Å². The van der Waals surface area contributed by atoms with Crippen molar-refractivity contribution in [2.45, 2.75) is 34.1 Å². The van der Waals surface area contributed by atoms with E-state index in [9.17, 15) is 0 Å². The number of halogens is 1. The van der Waals surface area contributed by atoms with Gasteiger partial charge in [0.2, 0.25) is 0 Å². The van der Waals surface area contributed by atoms with Crippen molar-refractivity contribution in [3.63, 3.8) is 0 Å². The fourth-order valence-corrected chi connectivity index (χ4v) is 1.79. The van der Waals surface area contributed by atoms with Crippen LogP contribution in [0.3, 0.4) is 0 Å². The number of hydrogen-bond donors (Lipinski definition) is 1. The van der Waals surface area contributed by atoms with Crippen LogP contribution in [0.4, 0.5) is 0 Å². The Morgan fingerprint density at radius 2 is 1.95 bits per heavy atom. The fourth-order valence-electron chi connectivity index (χ4n) is 1.62. The van der Waals surface area contributed by atoms with Gasteiger partial charge in [-0.15, -0.1) is 5.10 Å². The van der Waals surface area contributed by atoms with Gasteiger partial charge in [-0.2, -0.15) is 5.10 Å². The van der Waals surface area contributed by atoms with Gasteiger partial charge < -0.3 is 4.89 Å². The molecule has 0 fully saturated rings. The van der Waals surface area contributed by atoms with Crippen molar-refractivity contribution in [3.05, 3.63) is 46.2 Å². The topological polar surface area (TPSA) is 68.1 Å². The summed E-state index contributed by atoms with van der Waals surface area (Å²) in [5.74, 6) is 0.690. The highest BCUT2D eigenvalue weighted by Crippen LogP contribution is 2.31. The third kappa shape index (κ3) is 3.65. The van der Waals surface area contributed by atoms with Crippen LogP contribution in [0.2, 0.25) is 0 Å². The molecule has 1 aromatic rings. The molecule has 0 unspecified atom stereocenters. The molecule has 108 valence electrons. The second kappa shape index (κ2) is 7.77. The van der Waals surface area contributed by atoms with Crippen molar-refractivity contribution in [2.75, 3.05) is 0 Å². The lowest BCUT2D eigenvalue weighted by Gasteiger charge is -2.09. The van der Waals surface area contributed by atoms with Crippen molar-refractivity contribution in [3.8, 4) is 0 Å². The summed E-state index contributed by atoms with van der Waals surface area (Å²) in [6.45, 7) is 7.56. The molecular weight excluding hydrogens is 278 g/mol. The zero-order valence-electron chi connectivity index (χ0n) is 12.0. The molecule has 20 heavy (non-hydrogen) atoms. The van der Waals surface area contributed by atoms with E-state index >= 15 is 0 Å². The Labute approximate surface area is 123 Å². The van der Waals surface area contributed by atoms with E-state index in [2.05, 4.69) is 20.1 Å². The van der Waals surface area contributed by atoms with Gasteiger partial charge in [0.25, 0.3) is 0 Å². The molecule has 2 rings (SSSR count). The standard InChI is InChI=1S/C12H12ClN3O2.C2H6/c1-7-6-14-12(16-15-7)9-4-3-5-10(13)8(2)11(9)18-17;1-2/h3,5-6,17H,4H2,1-2H3;1-2H3. The molecule has 0 saturated heterocycles. The monoisotopic (exact) mass is 295 g/mol. The lowest BCUT2D eigenvalue weighted by Crippen LogP contribution is -2.02. The first-order valence-corrected chi connectivity index (χ1v) is 6.76. The van der Waals surface area contributed by atoms with Crippen LogP contribution in [0.5, 0.6) is 0 Å². The molecule has 1 aromatic heterocycles. The van der Waals surface area contributed by atoms with E-state index in [0.717, 1.165) is 5.69 Å². The first-order chi connectivity index (χ1) is 9.63. The van der Waals surface area contributed by atoms with Gasteiger partial charge in [0.1, 0.15) is 0 Å². The third-order valence-corrected chi connectivity index (χ3v) is 3.01. The molecule has 0 atom stereocenters. The van der Waals surface area contributed by atoms with Gasteiger partial charge >= 0.3 is 0 Å². The molecule has 1 N–H and O–H groups in total. The van der Waals surface area contributed by atoms with Crippen LogP contribution in [0.25, 0.3) is 5.57 Å². The fraction of sp³-hybridized carbons (Fsp3) is 0.357. The van der Waals surface area contributed by atoms with Gasteiger partial charge in [-0.3, -0.25) is 0 Å². The van der Waals surface area contributed by atoms with Crippen LogP contribution in [0, 0.1) is 6.92 Å². The van der Waals surface area contributed by atoms with Crippen molar-refractivity contribution in [2.24, 2.45) is 0 Å². The first kappa shape index (κ1) is 16.3. The van der Waals surface area contributed by atoms with E-state index < -0.39 is 0 Å². The van der Waals surface area contributed by atoms with Crippen LogP contribution >= 0.6 is 11.6 Å². The van der Waals surface area contributed by atoms with Gasteiger partial charge in [0.15, 0.2) is 11.6 Å². The third-order valence-electron chi connectivity index (χ3n) is 2.60. The largest absolute Gasteiger partial charge is 0.339 e. The van der Waals surface area contributed by atoms with E-state index in [1.165, 1.54) is 0 Å². The predicted molar refractivity (Wildman–Crippen MR) is 78.9 cm³/mol. The Morgan fingerprint density at radius 3 is 2.50 bits per heavy atom. The Balaban J connectivity index is 0.000000956. The molecule has 6 heteroatoms. The molecule has 1 aliphatic rings. The molecule has 0 bridgehead atoms. The molecule has 0 spiro atoms. The molecule has 0 aliphatic heterocycles. The predicted octanol–water partition coefficient (Wildman–Crippen LogP) is 3.88. The van der Waals surface area contributed by atoms with Crippen LogP contribution in [-0.2, 0) is 4.89 Å². The average molecular weight is 296 g/mol. The van der Waals surface area contributed by atoms with Gasteiger partial charge in [-0.1, -0.05) is 31.5 Å². The maximum absolute atomic E-state index is 9.04. The van der Waals surface area contributed by atoms with Crippen molar-refractivity contribution < 1.29 is 10.1 Å². The molecule has 5 nitrogen and oxygen atoms in total. The van der Waals surface area contributed by atoms with E-state index in [1.807, 2.05) is 19.9 Å². The Hall–Kier alpha value is -1.72. The zero-order valence-corrected chi connectivity index (χ0v) is 12.8. The molecule has 0 radical (unpaired) electrons. The summed E-state index contributed by atoms with van der Waals surface area (Å²) in [5.41, 5.74) is 2.00. The van der Waals surface area contributed by atoms with Gasteiger partial charge in [0, 0.05) is 16.2 Å². The number of rotatable bonds is 2. The molecule has 1 aliphatic carbocycles. The highest BCUT2D eigenvalue weighted by Gasteiger charge is 2.19. The van der Waals surface area contributed by atoms with Gasteiger partial charge in [0.05, 0.1) is 11.9 Å². The summed E-state index contributed by atoms with van der Waals surface area (Å²) < 4.78 is 0. The van der Waals surface area contributed by atoms with Crippen LogP contribution in [0.1, 0.15) is 38.7 Å². The summed E-state index contributed by atoms with van der Waals surface area (Å²) >= 11 is 6.03. The summed E-state index contributed by atoms with van der Waals surface area (Å²) in [7, 11) is 0. The minimum atomic E-state index is 0.274. The minimum absolute atomic E-state index is 0.274. The Kier molecular flexibility index (Phi) is 6.35. The highest BCUT2D eigenvalue weighted by atomic mass is 35.5. The smallest absolute Gasteiger partial charge is 0.181 e. The van der Waals surface area contributed by atoms with E-state index in [-0.39, 0.29) is 5.76 Å². The van der Waals surface area contributed by atoms with Crippen molar-refractivity contribution in [1.29, 1.82) is 0 Å². The number of aryl methyl sites for hydroxylation is 1. The molecule has 0 amide bonds. The van der Waals surface area contributed by atoms with Gasteiger partial charge in [-0.25, -0.2) is 10.2 Å². The van der Waals surface area contributed by atoms with Crippen LogP contribution in [-0.4, -0.2) is 20.4 Å². The number of aromatic nitrogens is 3. The lowest BCUT2D eigenvalue weighted by molar-refractivity contribution is -0.199. The minimum Gasteiger partial charge on any atom is -0.339 e. The SMILES string of the molecule is CC.CC1=C(Cl)C=CCC(c2ncc(C)nn2)=C1OO. The van der Waals surface area contributed by atoms with Gasteiger partial charge in [-0.05, 0) is 26.3 Å². The summed E-state index contributed by atoms with van der Waals surface area (Å²) in [6, 6.07) is 0. The maximum Gasteiger partial charge on any atom is 0.181 e. The number of allylic oxidation sites excluding steroid dienone is 5. The normalized spacial score (nSPS) is 14.7. The van der Waals surface area contributed by atoms with E-state index in [0.29, 0.717) is 28.4 Å². The Morgan fingerprint density at radius 1 is 1.25 bits per heavy atom. The second-order valence-corrected chi connectivity index (χ2v) is 4.31. The maximum atomic E-state index is 9.04. The lowest BCUT2D eigenvalue weighted by atomic mass is 10.1. The molecule has 0 aromatic carbocycles.